The average molecular weight is 429 g/mol. The van der Waals surface area contributed by atoms with Gasteiger partial charge in [-0.15, -0.1) is 0 Å². The molecule has 3 aromatic rings. The third-order valence-electron chi connectivity index (χ3n) is 4.51. The van der Waals surface area contributed by atoms with Crippen molar-refractivity contribution in [2.75, 3.05) is 15.8 Å². The minimum atomic E-state index is -0.436. The van der Waals surface area contributed by atoms with Crippen molar-refractivity contribution in [1.82, 2.24) is 0 Å². The fourth-order valence-electron chi connectivity index (χ4n) is 3.11. The number of benzene rings is 3. The third-order valence-corrected chi connectivity index (χ3v) is 5.96. The van der Waals surface area contributed by atoms with E-state index in [1.807, 2.05) is 55.5 Å². The van der Waals surface area contributed by atoms with Gasteiger partial charge in [0.2, 0.25) is 0 Å². The van der Waals surface area contributed by atoms with Crippen LogP contribution in [0.15, 0.2) is 71.6 Å². The van der Waals surface area contributed by atoms with Gasteiger partial charge in [-0.05, 0) is 67.4 Å². The van der Waals surface area contributed by atoms with E-state index in [4.69, 9.17) is 16.3 Å². The van der Waals surface area contributed by atoms with Crippen LogP contribution in [-0.2, 0) is 6.54 Å². The first-order chi connectivity index (χ1) is 14.1. The lowest BCUT2D eigenvalue weighted by Gasteiger charge is -2.36. The number of fused-ring (bicyclic) bond motifs is 1. The van der Waals surface area contributed by atoms with Crippen molar-refractivity contribution in [2.45, 2.75) is 18.4 Å². The number of amides is 2. The van der Waals surface area contributed by atoms with E-state index in [2.05, 4.69) is 0 Å². The van der Waals surface area contributed by atoms with Crippen LogP contribution in [0.5, 0.6) is 5.75 Å². The van der Waals surface area contributed by atoms with Gasteiger partial charge in [-0.3, -0.25) is 4.90 Å². The molecule has 0 aliphatic carbocycles. The maximum atomic E-state index is 14.4. The molecule has 0 radical (unpaired) electrons. The van der Waals surface area contributed by atoms with Crippen molar-refractivity contribution in [3.05, 3.63) is 83.1 Å². The molecule has 7 heteroatoms. The molecule has 1 heterocycles. The quantitative estimate of drug-likeness (QED) is 0.433. The van der Waals surface area contributed by atoms with E-state index >= 15 is 0 Å². The van der Waals surface area contributed by atoms with E-state index in [9.17, 15) is 9.18 Å². The molecule has 0 atom stereocenters. The summed E-state index contributed by atoms with van der Waals surface area (Å²) in [6.07, 6.45) is 0. The van der Waals surface area contributed by atoms with E-state index in [1.165, 1.54) is 18.0 Å². The normalized spacial score (nSPS) is 13.4. The zero-order chi connectivity index (χ0) is 20.4. The number of hydrogen-bond acceptors (Lipinski definition) is 3. The molecule has 0 N–H and O–H groups in total. The third kappa shape index (κ3) is 3.91. The van der Waals surface area contributed by atoms with Gasteiger partial charge in [-0.2, -0.15) is 0 Å². The van der Waals surface area contributed by atoms with Gasteiger partial charge in [0.25, 0.3) is 0 Å². The molecule has 0 aromatic heterocycles. The summed E-state index contributed by atoms with van der Waals surface area (Å²) in [6.45, 7) is 2.53. The Morgan fingerprint density at radius 3 is 2.52 bits per heavy atom. The number of ether oxygens (including phenoxy) is 1. The molecule has 1 aliphatic heterocycles. The number of carbonyl (C=O) groups is 1. The number of carbonyl (C=O) groups excluding carboxylic acids is 1. The molecular formula is C22H18ClFN2O2S. The lowest BCUT2D eigenvalue weighted by Crippen LogP contribution is -2.43. The molecule has 0 unspecified atom stereocenters. The van der Waals surface area contributed by atoms with Crippen LogP contribution in [-0.4, -0.2) is 12.6 Å². The Labute approximate surface area is 178 Å². The van der Waals surface area contributed by atoms with Gasteiger partial charge >= 0.3 is 6.03 Å². The Hall–Kier alpha value is -2.70. The molecule has 0 spiro atoms. The summed E-state index contributed by atoms with van der Waals surface area (Å²) in [5.74, 6) is 0.301. The van der Waals surface area contributed by atoms with Crippen LogP contribution < -0.4 is 13.9 Å². The first kappa shape index (κ1) is 19.6. The maximum absolute atomic E-state index is 14.4. The van der Waals surface area contributed by atoms with Crippen LogP contribution in [0.4, 0.5) is 20.6 Å². The number of para-hydroxylation sites is 1. The van der Waals surface area contributed by atoms with Gasteiger partial charge in [-0.25, -0.2) is 13.5 Å². The highest BCUT2D eigenvalue weighted by atomic mass is 35.5. The van der Waals surface area contributed by atoms with Gasteiger partial charge in [0.05, 0.1) is 29.4 Å². The lowest BCUT2D eigenvalue weighted by molar-refractivity contribution is 0.254. The monoisotopic (exact) mass is 428 g/mol. The fraction of sp³-hybridized carbons (Fsp3) is 0.136. The standard InChI is InChI=1S/C22H18ClFN2O2S/c1-2-28-16-12-10-15(11-13-16)26-22(27)25(20-8-3-4-9-21(20)29-26)14-17-18(23)6-5-7-19(17)24/h3-13H,2,14H2,1H3. The topological polar surface area (TPSA) is 32.8 Å². The molecule has 2 amide bonds. The smallest absolute Gasteiger partial charge is 0.339 e. The SMILES string of the molecule is CCOc1ccc(N2Sc3ccccc3N(Cc3c(F)cccc3Cl)C2=O)cc1. The van der Waals surface area contributed by atoms with Crippen LogP contribution in [0.3, 0.4) is 0 Å². The molecule has 0 fully saturated rings. The molecule has 148 valence electrons. The second kappa shape index (κ2) is 8.35. The zero-order valence-corrected chi connectivity index (χ0v) is 17.2. The lowest BCUT2D eigenvalue weighted by atomic mass is 10.2. The molecule has 3 aromatic carbocycles. The Morgan fingerprint density at radius 2 is 1.79 bits per heavy atom. The Morgan fingerprint density at radius 1 is 1.03 bits per heavy atom. The van der Waals surface area contributed by atoms with Crippen molar-refractivity contribution in [3.63, 3.8) is 0 Å². The summed E-state index contributed by atoms with van der Waals surface area (Å²) in [5.41, 5.74) is 1.72. The number of anilines is 2. The molecule has 0 bridgehead atoms. The summed E-state index contributed by atoms with van der Waals surface area (Å²) in [6, 6.07) is 19.1. The number of halogens is 2. The van der Waals surface area contributed by atoms with Crippen molar-refractivity contribution in [3.8, 4) is 5.75 Å². The summed E-state index contributed by atoms with van der Waals surface area (Å²) < 4.78 is 21.5. The van der Waals surface area contributed by atoms with Gasteiger partial charge in [-0.1, -0.05) is 29.8 Å². The predicted octanol–water partition coefficient (Wildman–Crippen LogP) is 6.53. The molecule has 0 saturated heterocycles. The van der Waals surface area contributed by atoms with E-state index < -0.39 is 5.82 Å². The summed E-state index contributed by atoms with van der Waals surface area (Å²) >= 11 is 7.55. The predicted molar refractivity (Wildman–Crippen MR) is 115 cm³/mol. The van der Waals surface area contributed by atoms with Gasteiger partial charge in [0.1, 0.15) is 11.6 Å². The van der Waals surface area contributed by atoms with Crippen molar-refractivity contribution in [2.24, 2.45) is 0 Å². The van der Waals surface area contributed by atoms with Crippen LogP contribution in [0.1, 0.15) is 12.5 Å². The van der Waals surface area contributed by atoms with Crippen molar-refractivity contribution in [1.29, 1.82) is 0 Å². The van der Waals surface area contributed by atoms with Gasteiger partial charge in [0.15, 0.2) is 0 Å². The Balaban J connectivity index is 1.71. The molecule has 0 saturated carbocycles. The minimum absolute atomic E-state index is 0.0371. The second-order valence-electron chi connectivity index (χ2n) is 6.35. The van der Waals surface area contributed by atoms with E-state index in [0.29, 0.717) is 17.3 Å². The van der Waals surface area contributed by atoms with Gasteiger partial charge in [0, 0.05) is 10.6 Å². The summed E-state index contributed by atoms with van der Waals surface area (Å²) in [4.78, 5) is 15.8. The van der Waals surface area contributed by atoms with Crippen molar-refractivity contribution >= 4 is 41.0 Å². The molecule has 4 rings (SSSR count). The van der Waals surface area contributed by atoms with Gasteiger partial charge < -0.3 is 4.74 Å². The van der Waals surface area contributed by atoms with E-state index in [-0.39, 0.29) is 18.1 Å². The van der Waals surface area contributed by atoms with Crippen LogP contribution in [0.25, 0.3) is 0 Å². The highest BCUT2D eigenvalue weighted by Gasteiger charge is 2.33. The minimum Gasteiger partial charge on any atom is -0.494 e. The van der Waals surface area contributed by atoms with Crippen LogP contribution >= 0.6 is 23.5 Å². The van der Waals surface area contributed by atoms with E-state index in [1.54, 1.807) is 21.3 Å². The fourth-order valence-corrected chi connectivity index (χ4v) is 4.34. The first-order valence-electron chi connectivity index (χ1n) is 9.13. The molecule has 1 aliphatic rings. The molecular weight excluding hydrogens is 411 g/mol. The molecule has 29 heavy (non-hydrogen) atoms. The number of rotatable bonds is 5. The van der Waals surface area contributed by atoms with Crippen LogP contribution in [0, 0.1) is 5.82 Å². The summed E-state index contributed by atoms with van der Waals surface area (Å²) in [7, 11) is 0. The Kier molecular flexibility index (Phi) is 5.65. The van der Waals surface area contributed by atoms with Crippen molar-refractivity contribution < 1.29 is 13.9 Å². The Bertz CT molecular complexity index is 1020. The number of hydrogen-bond donors (Lipinski definition) is 0. The molecule has 4 nitrogen and oxygen atoms in total. The van der Waals surface area contributed by atoms with Crippen LogP contribution in [0.2, 0.25) is 5.02 Å². The highest BCUT2D eigenvalue weighted by Crippen LogP contribution is 2.42. The first-order valence-corrected chi connectivity index (χ1v) is 10.3. The highest BCUT2D eigenvalue weighted by molar-refractivity contribution is 8.01. The maximum Gasteiger partial charge on any atom is 0.339 e. The largest absolute Gasteiger partial charge is 0.494 e. The number of nitrogens with zero attached hydrogens (tertiary/aromatic N) is 2. The van der Waals surface area contributed by atoms with E-state index in [0.717, 1.165) is 16.3 Å². The second-order valence-corrected chi connectivity index (χ2v) is 7.74. The zero-order valence-electron chi connectivity index (χ0n) is 15.6. The number of urea groups is 1. The summed E-state index contributed by atoms with van der Waals surface area (Å²) in [5, 5.41) is 0.293. The average Bonchev–Trinajstić information content (AvgIpc) is 2.73.